The molecule has 0 N–H and O–H groups in total. The van der Waals surface area contributed by atoms with Crippen molar-refractivity contribution in [2.75, 3.05) is 52.4 Å². The third kappa shape index (κ3) is 5.29. The fourth-order valence-electron chi connectivity index (χ4n) is 4.87. The summed E-state index contributed by atoms with van der Waals surface area (Å²) in [7, 11) is 0. The number of carbonyl (C=O) groups is 2. The van der Waals surface area contributed by atoms with Crippen LogP contribution in [0.2, 0.25) is 0 Å². The van der Waals surface area contributed by atoms with Crippen LogP contribution in [-0.4, -0.2) is 78.7 Å². The number of carbonyl (C=O) groups excluding carboxylic acids is 2. The Labute approximate surface area is 159 Å². The van der Waals surface area contributed by atoms with Crippen molar-refractivity contribution in [1.82, 2.24) is 14.7 Å². The summed E-state index contributed by atoms with van der Waals surface area (Å²) in [5.74, 6) is 1.12. The lowest BCUT2D eigenvalue weighted by Gasteiger charge is -2.38. The van der Waals surface area contributed by atoms with Gasteiger partial charge in [-0.25, -0.2) is 0 Å². The molecule has 0 bridgehead atoms. The van der Waals surface area contributed by atoms with Gasteiger partial charge in [0.2, 0.25) is 5.91 Å². The Morgan fingerprint density at radius 2 is 1.27 bits per heavy atom. The van der Waals surface area contributed by atoms with Gasteiger partial charge in [0.05, 0.1) is 0 Å². The lowest BCUT2D eigenvalue weighted by atomic mass is 9.79. The maximum atomic E-state index is 12.8. The van der Waals surface area contributed by atoms with Gasteiger partial charge in [0.15, 0.2) is 0 Å². The van der Waals surface area contributed by atoms with Crippen molar-refractivity contribution in [2.24, 2.45) is 11.8 Å². The molecule has 0 spiro atoms. The number of hydrogen-bond acceptors (Lipinski definition) is 4. The molecule has 5 heteroatoms. The Morgan fingerprint density at radius 3 is 1.85 bits per heavy atom. The predicted molar refractivity (Wildman–Crippen MR) is 104 cm³/mol. The molecular formula is C21H37N3O2. The number of amides is 1. The summed E-state index contributed by atoms with van der Waals surface area (Å²) in [6, 6.07) is 0. The van der Waals surface area contributed by atoms with E-state index in [0.717, 1.165) is 58.4 Å². The molecule has 2 saturated heterocycles. The van der Waals surface area contributed by atoms with Crippen LogP contribution in [0.25, 0.3) is 0 Å². The van der Waals surface area contributed by atoms with E-state index in [9.17, 15) is 9.59 Å². The average molecular weight is 364 g/mol. The molecule has 2 heterocycles. The molecule has 26 heavy (non-hydrogen) atoms. The van der Waals surface area contributed by atoms with Crippen LogP contribution in [0.15, 0.2) is 0 Å². The average Bonchev–Trinajstić information content (AvgIpc) is 2.72. The van der Waals surface area contributed by atoms with Crippen LogP contribution in [-0.2, 0) is 9.59 Å². The van der Waals surface area contributed by atoms with Gasteiger partial charge >= 0.3 is 0 Å². The quantitative estimate of drug-likeness (QED) is 0.727. The Morgan fingerprint density at radius 1 is 0.731 bits per heavy atom. The molecule has 148 valence electrons. The number of piperazine rings is 1. The second-order valence-electron chi connectivity index (χ2n) is 8.44. The van der Waals surface area contributed by atoms with Gasteiger partial charge in [0.1, 0.15) is 5.78 Å². The van der Waals surface area contributed by atoms with Gasteiger partial charge in [-0.15, -0.1) is 0 Å². The fraction of sp³-hybridized carbons (Fsp3) is 0.905. The second-order valence-corrected chi connectivity index (χ2v) is 8.44. The first-order chi connectivity index (χ1) is 12.7. The lowest BCUT2D eigenvalue weighted by molar-refractivity contribution is -0.139. The predicted octanol–water partition coefficient (Wildman–Crippen LogP) is 2.40. The van der Waals surface area contributed by atoms with Crippen LogP contribution in [0.3, 0.4) is 0 Å². The third-order valence-corrected chi connectivity index (χ3v) is 6.75. The zero-order valence-corrected chi connectivity index (χ0v) is 16.6. The highest BCUT2D eigenvalue weighted by Gasteiger charge is 2.32. The standard InChI is InChI=1S/C21H37N3O2/c1-2-20(25)18-6-8-19(9-7-18)21(26)24-16-14-23(15-17-24)13-12-22-10-4-3-5-11-22/h18-19H,2-17H2,1H3/t18-,19-. The maximum absolute atomic E-state index is 12.8. The van der Waals surface area contributed by atoms with Crippen molar-refractivity contribution in [1.29, 1.82) is 0 Å². The Balaban J connectivity index is 1.35. The topological polar surface area (TPSA) is 43.9 Å². The molecule has 0 radical (unpaired) electrons. The van der Waals surface area contributed by atoms with Gasteiger partial charge < -0.3 is 9.80 Å². The molecule has 3 rings (SSSR count). The first-order valence-electron chi connectivity index (χ1n) is 10.9. The summed E-state index contributed by atoms with van der Waals surface area (Å²) in [5.41, 5.74) is 0. The van der Waals surface area contributed by atoms with Crippen molar-refractivity contribution >= 4 is 11.7 Å². The number of piperidine rings is 1. The summed E-state index contributed by atoms with van der Waals surface area (Å²) < 4.78 is 0. The summed E-state index contributed by atoms with van der Waals surface area (Å²) >= 11 is 0. The molecule has 1 saturated carbocycles. The van der Waals surface area contributed by atoms with Crippen LogP contribution in [0.4, 0.5) is 0 Å². The normalized spacial score (nSPS) is 28.9. The summed E-state index contributed by atoms with van der Waals surface area (Å²) in [4.78, 5) is 31.9. The van der Waals surface area contributed by atoms with Crippen molar-refractivity contribution in [2.45, 2.75) is 58.3 Å². The van der Waals surface area contributed by atoms with E-state index in [1.165, 1.54) is 38.9 Å². The number of nitrogens with zero attached hydrogens (tertiary/aromatic N) is 3. The first kappa shape index (κ1) is 19.8. The van der Waals surface area contributed by atoms with Crippen LogP contribution >= 0.6 is 0 Å². The molecular weight excluding hydrogens is 326 g/mol. The number of rotatable bonds is 6. The van der Waals surface area contributed by atoms with E-state index in [2.05, 4.69) is 14.7 Å². The van der Waals surface area contributed by atoms with Crippen molar-refractivity contribution < 1.29 is 9.59 Å². The van der Waals surface area contributed by atoms with Gasteiger partial charge in [-0.3, -0.25) is 14.5 Å². The number of Topliss-reactive ketones (excluding diaryl/α,β-unsaturated/α-hetero) is 1. The summed E-state index contributed by atoms with van der Waals surface area (Å²) in [5, 5.41) is 0. The maximum Gasteiger partial charge on any atom is 0.225 e. The van der Waals surface area contributed by atoms with Gasteiger partial charge in [0, 0.05) is 57.5 Å². The van der Waals surface area contributed by atoms with E-state index < -0.39 is 0 Å². The van der Waals surface area contributed by atoms with E-state index in [1.807, 2.05) is 6.92 Å². The first-order valence-corrected chi connectivity index (χ1v) is 10.9. The monoisotopic (exact) mass is 363 g/mol. The molecule has 1 aliphatic carbocycles. The van der Waals surface area contributed by atoms with Crippen LogP contribution in [0.5, 0.6) is 0 Å². The van der Waals surface area contributed by atoms with Gasteiger partial charge in [-0.05, 0) is 51.6 Å². The van der Waals surface area contributed by atoms with Crippen molar-refractivity contribution in [3.8, 4) is 0 Å². The molecule has 2 aliphatic heterocycles. The Bertz CT molecular complexity index is 460. The highest BCUT2D eigenvalue weighted by atomic mass is 16.2. The highest BCUT2D eigenvalue weighted by molar-refractivity contribution is 5.82. The molecule has 0 unspecified atom stereocenters. The summed E-state index contributed by atoms with van der Waals surface area (Å²) in [6.07, 6.45) is 8.39. The number of likely N-dealkylation sites (tertiary alicyclic amines) is 1. The van der Waals surface area contributed by atoms with Gasteiger partial charge in [0.25, 0.3) is 0 Å². The molecule has 0 aromatic rings. The molecule has 3 fully saturated rings. The largest absolute Gasteiger partial charge is 0.340 e. The van der Waals surface area contributed by atoms with E-state index in [4.69, 9.17) is 0 Å². The minimum atomic E-state index is 0.163. The van der Waals surface area contributed by atoms with Crippen LogP contribution < -0.4 is 0 Å². The van der Waals surface area contributed by atoms with Crippen molar-refractivity contribution in [3.05, 3.63) is 0 Å². The van der Waals surface area contributed by atoms with E-state index in [1.54, 1.807) is 0 Å². The van der Waals surface area contributed by atoms with Crippen LogP contribution in [0, 0.1) is 11.8 Å². The van der Waals surface area contributed by atoms with E-state index in [-0.39, 0.29) is 11.8 Å². The van der Waals surface area contributed by atoms with Gasteiger partial charge in [-0.2, -0.15) is 0 Å². The highest BCUT2D eigenvalue weighted by Crippen LogP contribution is 2.31. The van der Waals surface area contributed by atoms with Crippen LogP contribution in [0.1, 0.15) is 58.3 Å². The minimum absolute atomic E-state index is 0.163. The van der Waals surface area contributed by atoms with E-state index >= 15 is 0 Å². The van der Waals surface area contributed by atoms with Crippen molar-refractivity contribution in [3.63, 3.8) is 0 Å². The molecule has 0 atom stereocenters. The fourth-order valence-corrected chi connectivity index (χ4v) is 4.87. The van der Waals surface area contributed by atoms with Gasteiger partial charge in [-0.1, -0.05) is 13.3 Å². The molecule has 1 amide bonds. The second kappa shape index (κ2) is 9.84. The Kier molecular flexibility index (Phi) is 7.50. The molecule has 3 aliphatic rings. The Hall–Kier alpha value is -0.940. The zero-order valence-electron chi connectivity index (χ0n) is 16.6. The SMILES string of the molecule is CCC(=O)[C@H]1CC[C@H](C(=O)N2CCN(CCN3CCCCC3)CC2)CC1. The summed E-state index contributed by atoms with van der Waals surface area (Å²) in [6.45, 7) is 10.6. The third-order valence-electron chi connectivity index (χ3n) is 6.75. The zero-order chi connectivity index (χ0) is 18.4. The minimum Gasteiger partial charge on any atom is -0.340 e. The molecule has 0 aromatic heterocycles. The molecule has 5 nitrogen and oxygen atoms in total. The lowest BCUT2D eigenvalue weighted by Crippen LogP contribution is -2.52. The van der Waals surface area contributed by atoms with E-state index in [0.29, 0.717) is 18.1 Å². The molecule has 0 aromatic carbocycles. The number of ketones is 1. The smallest absolute Gasteiger partial charge is 0.225 e. The number of hydrogen-bond donors (Lipinski definition) is 0.